The van der Waals surface area contributed by atoms with Crippen LogP contribution >= 0.6 is 0 Å². The van der Waals surface area contributed by atoms with Gasteiger partial charge in [0.05, 0.1) is 22.9 Å². The van der Waals surface area contributed by atoms with E-state index in [4.69, 9.17) is 0 Å². The fourth-order valence-corrected chi connectivity index (χ4v) is 2.81. The molecule has 1 saturated heterocycles. The molecule has 6 nitrogen and oxygen atoms in total. The lowest BCUT2D eigenvalue weighted by atomic mass is 10.2. The molecule has 1 aromatic carbocycles. The van der Waals surface area contributed by atoms with Crippen molar-refractivity contribution in [1.82, 2.24) is 14.5 Å². The van der Waals surface area contributed by atoms with Gasteiger partial charge in [-0.2, -0.15) is 0 Å². The van der Waals surface area contributed by atoms with Crippen molar-refractivity contribution in [2.75, 3.05) is 13.1 Å². The van der Waals surface area contributed by atoms with Crippen LogP contribution in [0.3, 0.4) is 0 Å². The van der Waals surface area contributed by atoms with Crippen LogP contribution in [-0.4, -0.2) is 44.5 Å². The highest BCUT2D eigenvalue weighted by atomic mass is 16.4. The molecular weight excluding hydrogens is 270 g/mol. The minimum Gasteiger partial charge on any atom is -0.478 e. The summed E-state index contributed by atoms with van der Waals surface area (Å²) in [5, 5.41) is 9.26. The number of para-hydroxylation sites is 1. The van der Waals surface area contributed by atoms with E-state index in [2.05, 4.69) is 4.98 Å². The number of carboxylic acid groups (broad SMARTS) is 1. The van der Waals surface area contributed by atoms with Crippen molar-refractivity contribution in [3.8, 4) is 0 Å². The highest BCUT2D eigenvalue weighted by molar-refractivity contribution is 6.01. The third-order valence-electron chi connectivity index (χ3n) is 3.89. The number of likely N-dealkylation sites (tertiary alicyclic amines) is 1. The van der Waals surface area contributed by atoms with Gasteiger partial charge in [-0.1, -0.05) is 6.07 Å². The van der Waals surface area contributed by atoms with E-state index in [0.29, 0.717) is 24.0 Å². The van der Waals surface area contributed by atoms with E-state index in [9.17, 15) is 14.7 Å². The molecule has 21 heavy (non-hydrogen) atoms. The van der Waals surface area contributed by atoms with Crippen LogP contribution in [-0.2, 0) is 11.3 Å². The first-order chi connectivity index (χ1) is 10.2. The molecule has 3 rings (SSSR count). The molecule has 0 atom stereocenters. The second-order valence-corrected chi connectivity index (χ2v) is 5.25. The Bertz CT molecular complexity index is 687. The first kappa shape index (κ1) is 13.6. The third kappa shape index (κ3) is 2.61. The molecule has 0 bridgehead atoms. The van der Waals surface area contributed by atoms with E-state index in [1.165, 1.54) is 0 Å². The topological polar surface area (TPSA) is 75.4 Å². The zero-order chi connectivity index (χ0) is 14.8. The van der Waals surface area contributed by atoms with Gasteiger partial charge in [-0.25, -0.2) is 9.78 Å². The number of hydrogen-bond donors (Lipinski definition) is 1. The Labute approximate surface area is 122 Å². The van der Waals surface area contributed by atoms with E-state index in [0.717, 1.165) is 25.9 Å². The highest BCUT2D eigenvalue weighted by Gasteiger charge is 2.18. The van der Waals surface area contributed by atoms with Gasteiger partial charge >= 0.3 is 5.97 Å². The Morgan fingerprint density at radius 3 is 2.71 bits per heavy atom. The van der Waals surface area contributed by atoms with E-state index in [1.54, 1.807) is 29.1 Å². The summed E-state index contributed by atoms with van der Waals surface area (Å²) in [6.45, 7) is 2.13. The van der Waals surface area contributed by atoms with Crippen molar-refractivity contribution in [2.45, 2.75) is 25.8 Å². The number of carbonyl (C=O) groups excluding carboxylic acids is 1. The number of amides is 1. The molecule has 2 aromatic rings. The Hall–Kier alpha value is -2.37. The van der Waals surface area contributed by atoms with E-state index in [1.807, 2.05) is 4.90 Å². The summed E-state index contributed by atoms with van der Waals surface area (Å²) in [5.41, 5.74) is 1.45. The number of carbonyl (C=O) groups is 2. The summed E-state index contributed by atoms with van der Waals surface area (Å²) in [5.74, 6) is -0.852. The van der Waals surface area contributed by atoms with Gasteiger partial charge in [-0.05, 0) is 25.0 Å². The van der Waals surface area contributed by atoms with Crippen molar-refractivity contribution in [3.63, 3.8) is 0 Å². The summed E-state index contributed by atoms with van der Waals surface area (Å²) < 4.78 is 1.76. The highest BCUT2D eigenvalue weighted by Crippen LogP contribution is 2.19. The molecule has 110 valence electrons. The largest absolute Gasteiger partial charge is 0.478 e. The predicted octanol–water partition coefficient (Wildman–Crippen LogP) is 1.75. The van der Waals surface area contributed by atoms with Crippen molar-refractivity contribution in [1.29, 1.82) is 0 Å². The monoisotopic (exact) mass is 287 g/mol. The molecule has 1 aromatic heterocycles. The zero-order valence-electron chi connectivity index (χ0n) is 11.7. The van der Waals surface area contributed by atoms with Gasteiger partial charge in [0.25, 0.3) is 0 Å². The first-order valence-corrected chi connectivity index (χ1v) is 7.12. The average molecular weight is 287 g/mol. The Morgan fingerprint density at radius 1 is 1.24 bits per heavy atom. The number of aryl methyl sites for hydroxylation is 1. The maximum Gasteiger partial charge on any atom is 0.337 e. The summed E-state index contributed by atoms with van der Waals surface area (Å²) in [6.07, 6.45) is 4.12. The van der Waals surface area contributed by atoms with Crippen LogP contribution in [0, 0.1) is 0 Å². The lowest BCUT2D eigenvalue weighted by Gasteiger charge is -2.15. The van der Waals surface area contributed by atoms with Gasteiger partial charge < -0.3 is 14.6 Å². The summed E-state index contributed by atoms with van der Waals surface area (Å²) in [4.78, 5) is 29.5. The standard InChI is InChI=1S/C15H17N3O3/c19-13(17-7-1-2-8-17)6-9-18-10-16-12-5-3-4-11(14(12)18)15(20)21/h3-5,10H,1-2,6-9H2,(H,20,21). The number of fused-ring (bicyclic) bond motifs is 1. The molecule has 0 unspecified atom stereocenters. The van der Waals surface area contributed by atoms with Gasteiger partial charge in [-0.3, -0.25) is 4.79 Å². The summed E-state index contributed by atoms with van der Waals surface area (Å²) in [7, 11) is 0. The van der Waals surface area contributed by atoms with E-state index in [-0.39, 0.29) is 11.5 Å². The smallest absolute Gasteiger partial charge is 0.337 e. The Kier molecular flexibility index (Phi) is 3.60. The van der Waals surface area contributed by atoms with Crippen molar-refractivity contribution >= 4 is 22.9 Å². The van der Waals surface area contributed by atoms with Crippen molar-refractivity contribution in [3.05, 3.63) is 30.1 Å². The maximum absolute atomic E-state index is 12.1. The van der Waals surface area contributed by atoms with Gasteiger partial charge in [0.2, 0.25) is 5.91 Å². The van der Waals surface area contributed by atoms with Crippen LogP contribution in [0.15, 0.2) is 24.5 Å². The molecule has 0 aliphatic carbocycles. The number of rotatable bonds is 4. The number of nitrogens with zero attached hydrogens (tertiary/aromatic N) is 3. The number of hydrogen-bond acceptors (Lipinski definition) is 3. The van der Waals surface area contributed by atoms with Gasteiger partial charge in [0, 0.05) is 26.1 Å². The normalized spacial score (nSPS) is 14.8. The van der Waals surface area contributed by atoms with Gasteiger partial charge in [0.1, 0.15) is 0 Å². The quantitative estimate of drug-likeness (QED) is 0.929. The molecule has 1 N–H and O–H groups in total. The van der Waals surface area contributed by atoms with E-state index < -0.39 is 5.97 Å². The minimum absolute atomic E-state index is 0.127. The van der Waals surface area contributed by atoms with Crippen LogP contribution in [0.1, 0.15) is 29.6 Å². The first-order valence-electron chi connectivity index (χ1n) is 7.12. The van der Waals surface area contributed by atoms with Crippen LogP contribution in [0.2, 0.25) is 0 Å². The molecule has 1 fully saturated rings. The zero-order valence-corrected chi connectivity index (χ0v) is 11.7. The molecule has 6 heteroatoms. The molecule has 0 radical (unpaired) electrons. The lowest BCUT2D eigenvalue weighted by Crippen LogP contribution is -2.28. The van der Waals surface area contributed by atoms with E-state index >= 15 is 0 Å². The van der Waals surface area contributed by atoms with Gasteiger partial charge in [-0.15, -0.1) is 0 Å². The fraction of sp³-hybridized carbons (Fsp3) is 0.400. The van der Waals surface area contributed by atoms with Crippen LogP contribution in [0.5, 0.6) is 0 Å². The number of aromatic nitrogens is 2. The fourth-order valence-electron chi connectivity index (χ4n) is 2.81. The second-order valence-electron chi connectivity index (χ2n) is 5.25. The minimum atomic E-state index is -0.979. The average Bonchev–Trinajstić information content (AvgIpc) is 3.14. The van der Waals surface area contributed by atoms with Crippen molar-refractivity contribution < 1.29 is 14.7 Å². The molecule has 1 aliphatic rings. The molecular formula is C15H17N3O3. The van der Waals surface area contributed by atoms with Crippen molar-refractivity contribution in [2.24, 2.45) is 0 Å². The lowest BCUT2D eigenvalue weighted by molar-refractivity contribution is -0.130. The Morgan fingerprint density at radius 2 is 2.00 bits per heavy atom. The summed E-state index contributed by atoms with van der Waals surface area (Å²) >= 11 is 0. The number of benzene rings is 1. The predicted molar refractivity (Wildman–Crippen MR) is 77.1 cm³/mol. The number of aromatic carboxylic acids is 1. The molecule has 0 spiro atoms. The SMILES string of the molecule is O=C(O)c1cccc2ncn(CCC(=O)N3CCCC3)c12. The molecule has 0 saturated carbocycles. The van der Waals surface area contributed by atoms with Gasteiger partial charge in [0.15, 0.2) is 0 Å². The Balaban J connectivity index is 1.80. The molecule has 2 heterocycles. The van der Waals surface area contributed by atoms with Crippen LogP contribution in [0.4, 0.5) is 0 Å². The van der Waals surface area contributed by atoms with Crippen LogP contribution < -0.4 is 0 Å². The number of carboxylic acids is 1. The third-order valence-corrected chi connectivity index (χ3v) is 3.89. The summed E-state index contributed by atoms with van der Waals surface area (Å²) in [6, 6.07) is 5.02. The molecule has 1 amide bonds. The van der Waals surface area contributed by atoms with Crippen LogP contribution in [0.25, 0.3) is 11.0 Å². The molecule has 1 aliphatic heterocycles. The number of imidazole rings is 1. The second kappa shape index (κ2) is 5.55. The maximum atomic E-state index is 12.1.